The standard InChI is InChI=1S/C18H15Cl3FN3OS2/c1-25-17(10-28(26)9-11-5-6-12(19)7-15(11)21)23-24-18(25)27-8-13-14(20)3-2-4-16(13)22/h2-7H,8-10H2,1H3/t28-/m0/s1. The minimum atomic E-state index is -1.22. The molecule has 1 heterocycles. The number of benzene rings is 2. The van der Waals surface area contributed by atoms with E-state index in [1.807, 2.05) is 0 Å². The third kappa shape index (κ3) is 5.27. The van der Waals surface area contributed by atoms with Gasteiger partial charge in [0.1, 0.15) is 11.6 Å². The molecule has 3 aromatic rings. The van der Waals surface area contributed by atoms with Crippen LogP contribution in [0.3, 0.4) is 0 Å². The van der Waals surface area contributed by atoms with Gasteiger partial charge in [-0.15, -0.1) is 10.2 Å². The number of nitrogens with zero attached hydrogens (tertiary/aromatic N) is 3. The van der Waals surface area contributed by atoms with E-state index in [1.54, 1.807) is 41.9 Å². The van der Waals surface area contributed by atoms with Gasteiger partial charge in [0, 0.05) is 44.2 Å². The molecule has 0 bridgehead atoms. The van der Waals surface area contributed by atoms with Crippen LogP contribution >= 0.6 is 46.6 Å². The zero-order valence-electron chi connectivity index (χ0n) is 14.7. The Morgan fingerprint density at radius 1 is 1.11 bits per heavy atom. The fraction of sp³-hybridized carbons (Fsp3) is 0.222. The Balaban J connectivity index is 1.65. The number of hydrogen-bond donors (Lipinski definition) is 0. The molecule has 1 atom stereocenters. The highest BCUT2D eigenvalue weighted by molar-refractivity contribution is 7.98. The Labute approximate surface area is 183 Å². The summed E-state index contributed by atoms with van der Waals surface area (Å²) < 4.78 is 28.2. The van der Waals surface area contributed by atoms with Crippen LogP contribution in [0.1, 0.15) is 17.0 Å². The summed E-state index contributed by atoms with van der Waals surface area (Å²) in [6.07, 6.45) is 0. The quantitative estimate of drug-likeness (QED) is 0.411. The highest BCUT2D eigenvalue weighted by Gasteiger charge is 2.15. The molecule has 2 aromatic carbocycles. The Morgan fingerprint density at radius 3 is 2.61 bits per heavy atom. The van der Waals surface area contributed by atoms with Crippen LogP contribution in [0.5, 0.6) is 0 Å². The molecule has 0 fully saturated rings. The first-order valence-electron chi connectivity index (χ1n) is 8.08. The summed E-state index contributed by atoms with van der Waals surface area (Å²) in [5, 5.41) is 10.2. The lowest BCUT2D eigenvalue weighted by Gasteiger charge is -2.07. The van der Waals surface area contributed by atoms with Gasteiger partial charge in [-0.25, -0.2) is 4.39 Å². The second-order valence-electron chi connectivity index (χ2n) is 5.91. The topological polar surface area (TPSA) is 47.8 Å². The minimum absolute atomic E-state index is 0.226. The summed E-state index contributed by atoms with van der Waals surface area (Å²) in [5.41, 5.74) is 1.18. The third-order valence-electron chi connectivity index (χ3n) is 3.95. The van der Waals surface area contributed by atoms with Gasteiger partial charge in [0.05, 0.1) is 11.5 Å². The number of aromatic nitrogens is 3. The van der Waals surface area contributed by atoms with Crippen molar-refractivity contribution in [3.8, 4) is 0 Å². The largest absolute Gasteiger partial charge is 0.308 e. The first-order valence-corrected chi connectivity index (χ1v) is 11.7. The van der Waals surface area contributed by atoms with Gasteiger partial charge in [0.25, 0.3) is 0 Å². The molecule has 0 spiro atoms. The first-order chi connectivity index (χ1) is 13.3. The van der Waals surface area contributed by atoms with Crippen LogP contribution in [0.4, 0.5) is 4.39 Å². The van der Waals surface area contributed by atoms with E-state index >= 15 is 0 Å². The van der Waals surface area contributed by atoms with Crippen molar-refractivity contribution in [3.05, 3.63) is 74.2 Å². The van der Waals surface area contributed by atoms with E-state index in [9.17, 15) is 8.60 Å². The van der Waals surface area contributed by atoms with Gasteiger partial charge in [-0.1, -0.05) is 58.7 Å². The molecule has 0 aliphatic rings. The SMILES string of the molecule is Cn1c(C[S@@](=O)Cc2ccc(Cl)cc2Cl)nnc1SCc1c(F)cccc1Cl. The smallest absolute Gasteiger partial charge is 0.191 e. The molecule has 3 rings (SSSR count). The van der Waals surface area contributed by atoms with Crippen LogP contribution < -0.4 is 0 Å². The van der Waals surface area contributed by atoms with E-state index in [1.165, 1.54) is 17.8 Å². The number of rotatable bonds is 7. The van der Waals surface area contributed by atoms with Gasteiger partial charge >= 0.3 is 0 Å². The predicted molar refractivity (Wildman–Crippen MR) is 114 cm³/mol. The van der Waals surface area contributed by atoms with Gasteiger partial charge in [0.15, 0.2) is 5.16 Å². The Hall–Kier alpha value is -1.12. The summed E-state index contributed by atoms with van der Waals surface area (Å²) in [4.78, 5) is 0. The van der Waals surface area contributed by atoms with Crippen LogP contribution in [-0.2, 0) is 35.1 Å². The molecule has 148 valence electrons. The van der Waals surface area contributed by atoms with Crippen molar-refractivity contribution in [1.29, 1.82) is 0 Å². The molecule has 0 aliphatic heterocycles. The van der Waals surface area contributed by atoms with Crippen molar-refractivity contribution < 1.29 is 8.60 Å². The number of hydrogen-bond acceptors (Lipinski definition) is 4. The molecular formula is C18H15Cl3FN3OS2. The fourth-order valence-electron chi connectivity index (χ4n) is 2.41. The third-order valence-corrected chi connectivity index (χ3v) is 7.15. The molecule has 28 heavy (non-hydrogen) atoms. The molecular weight excluding hydrogens is 464 g/mol. The van der Waals surface area contributed by atoms with Gasteiger partial charge in [-0.05, 0) is 29.8 Å². The average molecular weight is 479 g/mol. The maximum Gasteiger partial charge on any atom is 0.191 e. The van der Waals surface area contributed by atoms with Crippen LogP contribution in [0.2, 0.25) is 15.1 Å². The predicted octanol–water partition coefficient (Wildman–Crippen LogP) is 5.66. The van der Waals surface area contributed by atoms with Crippen LogP contribution in [0.25, 0.3) is 0 Å². The van der Waals surface area contributed by atoms with Gasteiger partial charge < -0.3 is 4.57 Å². The monoisotopic (exact) mass is 477 g/mol. The summed E-state index contributed by atoms with van der Waals surface area (Å²) >= 11 is 19.4. The maximum atomic E-state index is 13.9. The van der Waals surface area contributed by atoms with E-state index in [2.05, 4.69) is 10.2 Å². The number of thioether (sulfide) groups is 1. The van der Waals surface area contributed by atoms with E-state index in [0.717, 1.165) is 5.56 Å². The van der Waals surface area contributed by atoms with Gasteiger partial charge in [-0.3, -0.25) is 4.21 Å². The molecule has 4 nitrogen and oxygen atoms in total. The van der Waals surface area contributed by atoms with Gasteiger partial charge in [0.2, 0.25) is 0 Å². The minimum Gasteiger partial charge on any atom is -0.308 e. The average Bonchev–Trinajstić information content (AvgIpc) is 2.97. The van der Waals surface area contributed by atoms with Crippen LogP contribution in [0.15, 0.2) is 41.6 Å². The van der Waals surface area contributed by atoms with Gasteiger partial charge in [-0.2, -0.15) is 0 Å². The molecule has 10 heteroatoms. The molecule has 0 amide bonds. The highest BCUT2D eigenvalue weighted by Crippen LogP contribution is 2.28. The van der Waals surface area contributed by atoms with Crippen molar-refractivity contribution in [1.82, 2.24) is 14.8 Å². The molecule has 0 aliphatic carbocycles. The second kappa shape index (κ2) is 9.59. The van der Waals surface area contributed by atoms with Crippen LogP contribution in [-0.4, -0.2) is 19.0 Å². The maximum absolute atomic E-state index is 13.9. The fourth-order valence-corrected chi connectivity index (χ4v) is 5.48. The lowest BCUT2D eigenvalue weighted by molar-refractivity contribution is 0.617. The van der Waals surface area contributed by atoms with E-state index in [0.29, 0.717) is 37.4 Å². The normalized spacial score (nSPS) is 12.3. The van der Waals surface area contributed by atoms with Crippen molar-refractivity contribution >= 4 is 57.4 Å². The second-order valence-corrected chi connectivity index (χ2v) is 9.56. The van der Waals surface area contributed by atoms with Crippen molar-refractivity contribution in [2.24, 2.45) is 7.05 Å². The van der Waals surface area contributed by atoms with E-state index in [4.69, 9.17) is 34.8 Å². The van der Waals surface area contributed by atoms with Crippen molar-refractivity contribution in [2.75, 3.05) is 0 Å². The zero-order chi connectivity index (χ0) is 20.3. The molecule has 0 N–H and O–H groups in total. The lowest BCUT2D eigenvalue weighted by atomic mass is 10.2. The first kappa shape index (κ1) is 21.6. The summed E-state index contributed by atoms with van der Waals surface area (Å²) in [5.74, 6) is 1.05. The molecule has 0 saturated heterocycles. The molecule has 0 unspecified atom stereocenters. The number of halogens is 4. The van der Waals surface area contributed by atoms with E-state index < -0.39 is 10.8 Å². The molecule has 1 aromatic heterocycles. The Bertz CT molecular complexity index is 1010. The molecule has 0 saturated carbocycles. The highest BCUT2D eigenvalue weighted by atomic mass is 35.5. The molecule has 0 radical (unpaired) electrons. The summed E-state index contributed by atoms with van der Waals surface area (Å²) in [6, 6.07) is 9.68. The van der Waals surface area contributed by atoms with Crippen molar-refractivity contribution in [2.45, 2.75) is 22.4 Å². The summed E-state index contributed by atoms with van der Waals surface area (Å²) in [6.45, 7) is 0. The lowest BCUT2D eigenvalue weighted by Crippen LogP contribution is -2.06. The van der Waals surface area contributed by atoms with E-state index in [-0.39, 0.29) is 17.3 Å². The Morgan fingerprint density at radius 2 is 1.89 bits per heavy atom. The Kier molecular flexibility index (Phi) is 7.39. The zero-order valence-corrected chi connectivity index (χ0v) is 18.6. The van der Waals surface area contributed by atoms with Crippen LogP contribution in [0, 0.1) is 5.82 Å². The summed E-state index contributed by atoms with van der Waals surface area (Å²) in [7, 11) is 0.561. The van der Waals surface area contributed by atoms with Crippen molar-refractivity contribution in [3.63, 3.8) is 0 Å².